The van der Waals surface area contributed by atoms with Crippen molar-refractivity contribution >= 4 is 22.9 Å². The first kappa shape index (κ1) is 22.2. The van der Waals surface area contributed by atoms with Crippen LogP contribution in [0.4, 0.5) is 18.9 Å². The quantitative estimate of drug-likeness (QED) is 0.400. The molecule has 1 aliphatic rings. The number of carbonyl (C=O) groups excluding carboxylic acids is 1. The molecule has 0 bridgehead atoms. The Hall–Kier alpha value is -3.58. The second-order valence-corrected chi connectivity index (χ2v) is 8.60. The summed E-state index contributed by atoms with van der Waals surface area (Å²) in [4.78, 5) is 21.6. The highest BCUT2D eigenvalue weighted by Crippen LogP contribution is 2.37. The van der Waals surface area contributed by atoms with Crippen molar-refractivity contribution in [2.45, 2.75) is 31.2 Å². The highest BCUT2D eigenvalue weighted by atomic mass is 32.1. The lowest BCUT2D eigenvalue weighted by Gasteiger charge is -2.35. The molecular weight excluding hydrogens is 471 g/mol. The number of halogens is 3. The molecule has 1 saturated carbocycles. The number of nitrogens with one attached hydrogen (secondary N) is 2. The first-order chi connectivity index (χ1) is 16.4. The zero-order chi connectivity index (χ0) is 23.7. The van der Waals surface area contributed by atoms with Crippen LogP contribution in [0.15, 0.2) is 48.4 Å². The summed E-state index contributed by atoms with van der Waals surface area (Å²) in [6.07, 6.45) is 2.54. The topological polar surface area (TPSA) is 111 Å². The highest BCUT2D eigenvalue weighted by Gasteiger charge is 2.36. The molecule has 0 radical (unpaired) electrons. The second-order valence-electron chi connectivity index (χ2n) is 7.74. The number of amides is 1. The number of pyridine rings is 1. The number of rotatable bonds is 7. The van der Waals surface area contributed by atoms with E-state index in [2.05, 4.69) is 30.6 Å². The molecule has 1 aliphatic carbocycles. The fourth-order valence-electron chi connectivity index (χ4n) is 3.53. The Balaban J connectivity index is 1.33. The minimum Gasteiger partial charge on any atom is -0.369 e. The largest absolute Gasteiger partial charge is 0.411 e. The standard InChI is InChI=1S/C21H18F3N7O2S/c22-21(23,24)11-33-14-5-13(6-14)31-9-16(18(30-31)15-3-1-2-4-25-15)28-19(32)17-10-34-20(29-17)12-7-26-27-8-12/h1-4,7-10,13-14H,5-6,11H2,(H,26,27)(H,28,32). The molecule has 4 aromatic heterocycles. The van der Waals surface area contributed by atoms with Crippen LogP contribution in [-0.4, -0.2) is 54.7 Å². The first-order valence-electron chi connectivity index (χ1n) is 10.3. The number of H-pyrrole nitrogens is 1. The minimum absolute atomic E-state index is 0.140. The normalized spacial score (nSPS) is 18.0. The molecule has 0 spiro atoms. The van der Waals surface area contributed by atoms with Crippen LogP contribution in [-0.2, 0) is 4.74 Å². The van der Waals surface area contributed by atoms with E-state index >= 15 is 0 Å². The Labute approximate surface area is 195 Å². The van der Waals surface area contributed by atoms with Gasteiger partial charge in [0.15, 0.2) is 0 Å². The molecule has 1 amide bonds. The Morgan fingerprint density at radius 2 is 2.18 bits per heavy atom. The van der Waals surface area contributed by atoms with Gasteiger partial charge in [-0.2, -0.15) is 23.4 Å². The van der Waals surface area contributed by atoms with E-state index < -0.39 is 24.8 Å². The number of hydrogen-bond acceptors (Lipinski definition) is 7. The van der Waals surface area contributed by atoms with Crippen molar-refractivity contribution in [1.82, 2.24) is 29.9 Å². The molecule has 5 rings (SSSR count). The summed E-state index contributed by atoms with van der Waals surface area (Å²) in [7, 11) is 0. The Kier molecular flexibility index (Phi) is 5.87. The monoisotopic (exact) mass is 489 g/mol. The van der Waals surface area contributed by atoms with Gasteiger partial charge in [0, 0.05) is 29.5 Å². The molecule has 1 fully saturated rings. The number of thiazole rings is 1. The lowest BCUT2D eigenvalue weighted by molar-refractivity contribution is -0.196. The molecule has 0 aliphatic heterocycles. The molecule has 176 valence electrons. The number of alkyl halides is 3. The zero-order valence-corrected chi connectivity index (χ0v) is 18.3. The van der Waals surface area contributed by atoms with Gasteiger partial charge >= 0.3 is 6.18 Å². The summed E-state index contributed by atoms with van der Waals surface area (Å²) in [6.45, 7) is -1.27. The van der Waals surface area contributed by atoms with Gasteiger partial charge in [-0.25, -0.2) is 4.98 Å². The van der Waals surface area contributed by atoms with Gasteiger partial charge in [0.25, 0.3) is 5.91 Å². The highest BCUT2D eigenvalue weighted by molar-refractivity contribution is 7.13. The maximum atomic E-state index is 12.9. The summed E-state index contributed by atoms with van der Waals surface area (Å²) in [5.41, 5.74) is 2.46. The van der Waals surface area contributed by atoms with Gasteiger partial charge in [-0.1, -0.05) is 6.07 Å². The van der Waals surface area contributed by atoms with Crippen LogP contribution in [0.2, 0.25) is 0 Å². The summed E-state index contributed by atoms with van der Waals surface area (Å²) >= 11 is 1.32. The predicted molar refractivity (Wildman–Crippen MR) is 117 cm³/mol. The SMILES string of the molecule is O=C(Nc1cn(C2CC(OCC(F)(F)F)C2)nc1-c1ccccn1)c1csc(-c2cn[nH]c2)n1. The predicted octanol–water partition coefficient (Wildman–Crippen LogP) is 4.33. The van der Waals surface area contributed by atoms with Crippen LogP contribution in [0.3, 0.4) is 0 Å². The van der Waals surface area contributed by atoms with Gasteiger partial charge in [-0.3, -0.25) is 19.6 Å². The van der Waals surface area contributed by atoms with Crippen LogP contribution >= 0.6 is 11.3 Å². The molecule has 4 aromatic rings. The van der Waals surface area contributed by atoms with E-state index in [9.17, 15) is 18.0 Å². The summed E-state index contributed by atoms with van der Waals surface area (Å²) in [6, 6.07) is 5.19. The van der Waals surface area contributed by atoms with E-state index in [-0.39, 0.29) is 11.7 Å². The maximum Gasteiger partial charge on any atom is 0.411 e. The van der Waals surface area contributed by atoms with Gasteiger partial charge in [-0.05, 0) is 25.0 Å². The van der Waals surface area contributed by atoms with E-state index in [4.69, 9.17) is 4.74 Å². The fourth-order valence-corrected chi connectivity index (χ4v) is 4.31. The van der Waals surface area contributed by atoms with Gasteiger partial charge in [0.05, 0.1) is 29.7 Å². The third-order valence-electron chi connectivity index (χ3n) is 5.30. The number of hydrogen-bond donors (Lipinski definition) is 2. The summed E-state index contributed by atoms with van der Waals surface area (Å²) < 4.78 is 43.7. The van der Waals surface area contributed by atoms with Crippen molar-refractivity contribution in [3.05, 3.63) is 54.1 Å². The molecule has 9 nitrogen and oxygen atoms in total. The summed E-state index contributed by atoms with van der Waals surface area (Å²) in [5, 5.41) is 16.3. The molecule has 0 saturated heterocycles. The van der Waals surface area contributed by atoms with Crippen LogP contribution < -0.4 is 5.32 Å². The van der Waals surface area contributed by atoms with Gasteiger partial charge in [0.2, 0.25) is 0 Å². The third-order valence-corrected chi connectivity index (χ3v) is 6.19. The van der Waals surface area contributed by atoms with Crippen molar-refractivity contribution in [3.63, 3.8) is 0 Å². The van der Waals surface area contributed by atoms with E-state index in [1.807, 2.05) is 0 Å². The number of carbonyl (C=O) groups is 1. The second kappa shape index (κ2) is 8.99. The van der Waals surface area contributed by atoms with Gasteiger partial charge < -0.3 is 10.1 Å². The van der Waals surface area contributed by atoms with Crippen molar-refractivity contribution in [2.75, 3.05) is 11.9 Å². The molecule has 0 aromatic carbocycles. The smallest absolute Gasteiger partial charge is 0.369 e. The average Bonchev–Trinajstić information content (AvgIpc) is 3.53. The Morgan fingerprint density at radius 3 is 2.88 bits per heavy atom. The molecule has 0 unspecified atom stereocenters. The molecule has 34 heavy (non-hydrogen) atoms. The van der Waals surface area contributed by atoms with Crippen LogP contribution in [0.1, 0.15) is 29.4 Å². The van der Waals surface area contributed by atoms with Crippen LogP contribution in [0.25, 0.3) is 22.0 Å². The van der Waals surface area contributed by atoms with Crippen LogP contribution in [0, 0.1) is 0 Å². The molecule has 13 heteroatoms. The summed E-state index contributed by atoms with van der Waals surface area (Å²) in [5.74, 6) is -0.414. The van der Waals surface area contributed by atoms with E-state index in [1.54, 1.807) is 53.0 Å². The van der Waals surface area contributed by atoms with E-state index in [1.165, 1.54) is 11.3 Å². The number of nitrogens with zero attached hydrogens (tertiary/aromatic N) is 5. The van der Waals surface area contributed by atoms with Gasteiger partial charge in [0.1, 0.15) is 23.0 Å². The van der Waals surface area contributed by atoms with Crippen molar-refractivity contribution in [2.24, 2.45) is 0 Å². The number of ether oxygens (including phenoxy) is 1. The van der Waals surface area contributed by atoms with Crippen molar-refractivity contribution < 1.29 is 22.7 Å². The molecular formula is C21H18F3N7O2S. The minimum atomic E-state index is -4.35. The van der Waals surface area contributed by atoms with Crippen LogP contribution in [0.5, 0.6) is 0 Å². The number of aromatic amines is 1. The lowest BCUT2D eigenvalue weighted by Crippen LogP contribution is -2.36. The van der Waals surface area contributed by atoms with Gasteiger partial charge in [-0.15, -0.1) is 11.3 Å². The fraction of sp³-hybridized carbons (Fsp3) is 0.286. The first-order valence-corrected chi connectivity index (χ1v) is 11.2. The van der Waals surface area contributed by atoms with Crippen molar-refractivity contribution in [3.8, 4) is 22.0 Å². The molecule has 0 atom stereocenters. The average molecular weight is 489 g/mol. The molecule has 2 N–H and O–H groups in total. The third kappa shape index (κ3) is 4.84. The molecule has 4 heterocycles. The Morgan fingerprint density at radius 1 is 1.32 bits per heavy atom. The Bertz CT molecular complexity index is 1270. The maximum absolute atomic E-state index is 12.9. The van der Waals surface area contributed by atoms with E-state index in [0.29, 0.717) is 34.9 Å². The lowest BCUT2D eigenvalue weighted by atomic mass is 9.89. The number of anilines is 1. The van der Waals surface area contributed by atoms with Crippen molar-refractivity contribution in [1.29, 1.82) is 0 Å². The number of aromatic nitrogens is 6. The zero-order valence-electron chi connectivity index (χ0n) is 17.5. The van der Waals surface area contributed by atoms with E-state index in [0.717, 1.165) is 5.56 Å².